The molecule has 0 radical (unpaired) electrons. The predicted molar refractivity (Wildman–Crippen MR) is 141 cm³/mol. The summed E-state index contributed by atoms with van der Waals surface area (Å²) in [4.78, 5) is 41.1. The highest BCUT2D eigenvalue weighted by atomic mass is 35.5. The minimum absolute atomic E-state index is 0. The van der Waals surface area contributed by atoms with Gasteiger partial charge in [0, 0.05) is 42.9 Å². The van der Waals surface area contributed by atoms with Crippen molar-refractivity contribution in [3.8, 4) is 0 Å². The number of rotatable bonds is 8. The van der Waals surface area contributed by atoms with Crippen molar-refractivity contribution < 1.29 is 24.7 Å². The number of hydrogen-bond donors (Lipinski definition) is 2. The average molecular weight is 530 g/mol. The molecule has 0 aliphatic carbocycles. The molecule has 2 N–H and O–H groups in total. The maximum absolute atomic E-state index is 13.3. The monoisotopic (exact) mass is 529 g/mol. The number of carboxylic acid groups (broad SMARTS) is 2. The SMILES string of the molecule is CC1=C(C(=O)O)[C@@H](c2cccc([N+](=O)[O-])c2)[C@@](CN2CCCC2)(C(=O)O)C(C)N1Cc1ccccc1.Cl. The molecule has 0 aromatic heterocycles. The second-order valence-corrected chi connectivity index (χ2v) is 9.71. The Morgan fingerprint density at radius 3 is 2.30 bits per heavy atom. The Hall–Kier alpha value is -3.43. The van der Waals surface area contributed by atoms with Crippen LogP contribution in [0.5, 0.6) is 0 Å². The van der Waals surface area contributed by atoms with E-state index in [1.807, 2.05) is 42.2 Å². The molecule has 0 saturated carbocycles. The van der Waals surface area contributed by atoms with Crippen molar-refractivity contribution in [3.63, 3.8) is 0 Å². The predicted octanol–water partition coefficient (Wildman–Crippen LogP) is 4.53. The number of likely N-dealkylation sites (tertiary alicyclic amines) is 1. The van der Waals surface area contributed by atoms with E-state index in [1.165, 1.54) is 18.2 Å². The molecule has 10 heteroatoms. The summed E-state index contributed by atoms with van der Waals surface area (Å²) in [6, 6.07) is 14.7. The summed E-state index contributed by atoms with van der Waals surface area (Å²) in [6.07, 6.45) is 1.89. The molecule has 37 heavy (non-hydrogen) atoms. The van der Waals surface area contributed by atoms with Crippen molar-refractivity contribution in [2.24, 2.45) is 5.41 Å². The van der Waals surface area contributed by atoms with E-state index in [0.717, 1.165) is 31.5 Å². The number of hydrogen-bond acceptors (Lipinski definition) is 6. The van der Waals surface area contributed by atoms with E-state index in [2.05, 4.69) is 4.90 Å². The van der Waals surface area contributed by atoms with Crippen molar-refractivity contribution >= 4 is 30.0 Å². The van der Waals surface area contributed by atoms with Gasteiger partial charge in [-0.25, -0.2) is 4.79 Å². The smallest absolute Gasteiger partial charge is 0.333 e. The molecule has 0 amide bonds. The number of nitro benzene ring substituents is 1. The van der Waals surface area contributed by atoms with Gasteiger partial charge in [-0.05, 0) is 50.9 Å². The Morgan fingerprint density at radius 1 is 1.08 bits per heavy atom. The summed E-state index contributed by atoms with van der Waals surface area (Å²) < 4.78 is 0. The van der Waals surface area contributed by atoms with Crippen LogP contribution in [0, 0.1) is 15.5 Å². The lowest BCUT2D eigenvalue weighted by Gasteiger charge is -2.53. The van der Waals surface area contributed by atoms with Crippen LogP contribution in [0.3, 0.4) is 0 Å². The lowest BCUT2D eigenvalue weighted by atomic mass is 9.61. The van der Waals surface area contributed by atoms with Gasteiger partial charge in [-0.3, -0.25) is 14.9 Å². The third-order valence-electron chi connectivity index (χ3n) is 7.76. The molecule has 0 bridgehead atoms. The van der Waals surface area contributed by atoms with Gasteiger partial charge in [-0.1, -0.05) is 42.5 Å². The summed E-state index contributed by atoms with van der Waals surface area (Å²) in [5.41, 5.74) is -0.0624. The molecule has 2 aromatic carbocycles. The van der Waals surface area contributed by atoms with Gasteiger partial charge in [0.05, 0.1) is 10.5 Å². The summed E-state index contributed by atoms with van der Waals surface area (Å²) in [5, 5.41) is 32.9. The molecule has 4 rings (SSSR count). The van der Waals surface area contributed by atoms with Crippen molar-refractivity contribution in [2.75, 3.05) is 19.6 Å². The highest BCUT2D eigenvalue weighted by Crippen LogP contribution is 2.52. The molecule has 3 atom stereocenters. The van der Waals surface area contributed by atoms with E-state index in [1.54, 1.807) is 13.0 Å². The zero-order chi connectivity index (χ0) is 26.0. The molecule has 198 valence electrons. The molecule has 1 saturated heterocycles. The summed E-state index contributed by atoms with van der Waals surface area (Å²) in [7, 11) is 0. The molecule has 2 aromatic rings. The van der Waals surface area contributed by atoms with Crippen LogP contribution < -0.4 is 0 Å². The van der Waals surface area contributed by atoms with Crippen molar-refractivity contribution in [3.05, 3.63) is 87.1 Å². The van der Waals surface area contributed by atoms with Crippen LogP contribution in [0.15, 0.2) is 65.9 Å². The second kappa shape index (κ2) is 11.3. The van der Waals surface area contributed by atoms with Crippen molar-refractivity contribution in [1.29, 1.82) is 0 Å². The van der Waals surface area contributed by atoms with Gasteiger partial charge in [0.2, 0.25) is 0 Å². The first kappa shape index (κ1) is 28.1. The maximum atomic E-state index is 13.3. The number of non-ortho nitro benzene ring substituents is 1. The Morgan fingerprint density at radius 2 is 1.73 bits per heavy atom. The highest BCUT2D eigenvalue weighted by molar-refractivity contribution is 5.93. The third-order valence-corrected chi connectivity index (χ3v) is 7.76. The topological polar surface area (TPSA) is 124 Å². The molecular weight excluding hydrogens is 498 g/mol. The zero-order valence-corrected chi connectivity index (χ0v) is 21.7. The van der Waals surface area contributed by atoms with Crippen LogP contribution in [0.1, 0.15) is 43.7 Å². The van der Waals surface area contributed by atoms with Gasteiger partial charge in [0.15, 0.2) is 0 Å². The zero-order valence-electron chi connectivity index (χ0n) is 20.9. The molecule has 9 nitrogen and oxygen atoms in total. The Balaban J connectivity index is 0.00000380. The molecule has 2 heterocycles. The molecule has 2 aliphatic rings. The standard InChI is InChI=1S/C27H31N3O6.ClH/c1-18-23(25(31)32)24(21-11-8-12-22(15-21)30(35)36)27(26(33)34,17-28-13-6-7-14-28)19(2)29(18)16-20-9-4-3-5-10-20;/h3-5,8-12,15,19,24H,6-7,13-14,16-17H2,1-2H3,(H,31,32)(H,33,34);1H/t19?,24-,27+;/m1./s1. The van der Waals surface area contributed by atoms with E-state index in [4.69, 9.17) is 0 Å². The van der Waals surface area contributed by atoms with Gasteiger partial charge >= 0.3 is 11.9 Å². The van der Waals surface area contributed by atoms with E-state index in [0.29, 0.717) is 17.8 Å². The maximum Gasteiger partial charge on any atom is 0.333 e. The van der Waals surface area contributed by atoms with Gasteiger partial charge < -0.3 is 20.0 Å². The third kappa shape index (κ3) is 5.19. The van der Waals surface area contributed by atoms with E-state index >= 15 is 0 Å². The van der Waals surface area contributed by atoms with Crippen molar-refractivity contribution in [1.82, 2.24) is 9.80 Å². The summed E-state index contributed by atoms with van der Waals surface area (Å²) >= 11 is 0. The van der Waals surface area contributed by atoms with Gasteiger partial charge in [-0.15, -0.1) is 12.4 Å². The fraction of sp³-hybridized carbons (Fsp3) is 0.407. The first-order chi connectivity index (χ1) is 17.2. The molecule has 2 aliphatic heterocycles. The average Bonchev–Trinajstić information content (AvgIpc) is 3.36. The number of halogens is 1. The minimum Gasteiger partial charge on any atom is -0.481 e. The molecule has 1 fully saturated rings. The van der Waals surface area contributed by atoms with Crippen LogP contribution in [0.2, 0.25) is 0 Å². The normalized spacial score (nSPS) is 24.0. The number of nitro groups is 1. The minimum atomic E-state index is -1.55. The molecule has 0 spiro atoms. The number of carbonyl (C=O) groups is 2. The van der Waals surface area contributed by atoms with Crippen LogP contribution >= 0.6 is 12.4 Å². The van der Waals surface area contributed by atoms with Crippen LogP contribution in [0.25, 0.3) is 0 Å². The second-order valence-electron chi connectivity index (χ2n) is 9.71. The Kier molecular flexibility index (Phi) is 8.60. The van der Waals surface area contributed by atoms with Crippen LogP contribution in [-0.4, -0.2) is 62.6 Å². The number of nitrogens with zero attached hydrogens (tertiary/aromatic N) is 3. The highest BCUT2D eigenvalue weighted by Gasteiger charge is 2.59. The first-order valence-electron chi connectivity index (χ1n) is 12.1. The quantitative estimate of drug-likeness (QED) is 0.377. The Bertz CT molecular complexity index is 1200. The largest absolute Gasteiger partial charge is 0.481 e. The Labute approximate surface area is 221 Å². The van der Waals surface area contributed by atoms with Gasteiger partial charge in [-0.2, -0.15) is 0 Å². The molecular formula is C27H32ClN3O6. The lowest BCUT2D eigenvalue weighted by Crippen LogP contribution is -2.61. The van der Waals surface area contributed by atoms with Crippen LogP contribution in [-0.2, 0) is 16.1 Å². The lowest BCUT2D eigenvalue weighted by molar-refractivity contribution is -0.384. The first-order valence-corrected chi connectivity index (χ1v) is 12.1. The summed E-state index contributed by atoms with van der Waals surface area (Å²) in [6.45, 7) is 5.49. The van der Waals surface area contributed by atoms with Gasteiger partial charge in [0.25, 0.3) is 5.69 Å². The number of allylic oxidation sites excluding steroid dienone is 1. The van der Waals surface area contributed by atoms with Gasteiger partial charge in [0.1, 0.15) is 5.41 Å². The number of benzene rings is 2. The summed E-state index contributed by atoms with van der Waals surface area (Å²) in [5.74, 6) is -3.40. The van der Waals surface area contributed by atoms with Crippen LogP contribution in [0.4, 0.5) is 5.69 Å². The van der Waals surface area contributed by atoms with Crippen molar-refractivity contribution in [2.45, 2.75) is 45.2 Å². The fourth-order valence-corrected chi connectivity index (χ4v) is 5.93. The number of carboxylic acids is 2. The fourth-order valence-electron chi connectivity index (χ4n) is 5.93. The van der Waals surface area contributed by atoms with E-state index in [-0.39, 0.29) is 30.2 Å². The molecule has 1 unspecified atom stereocenters. The number of aliphatic carboxylic acids is 2. The van der Waals surface area contributed by atoms with E-state index < -0.39 is 34.2 Å². The van der Waals surface area contributed by atoms with E-state index in [9.17, 15) is 29.9 Å².